The van der Waals surface area contributed by atoms with Crippen molar-refractivity contribution in [1.29, 1.82) is 5.26 Å². The molecule has 1 N–H and O–H groups in total. The zero-order chi connectivity index (χ0) is 24.2. The first kappa shape index (κ1) is 24.3. The molecule has 1 aliphatic rings. The highest BCUT2D eigenvalue weighted by atomic mass is 19.1. The molecule has 1 aromatic carbocycles. The van der Waals surface area contributed by atoms with Gasteiger partial charge in [-0.05, 0) is 64.7 Å². The third kappa shape index (κ3) is 6.13. The van der Waals surface area contributed by atoms with Gasteiger partial charge in [0, 0.05) is 25.2 Å². The van der Waals surface area contributed by atoms with Crippen LogP contribution in [0.5, 0.6) is 0 Å². The minimum absolute atomic E-state index is 0.0707. The van der Waals surface area contributed by atoms with E-state index >= 15 is 0 Å². The van der Waals surface area contributed by atoms with Crippen LogP contribution in [0.3, 0.4) is 0 Å². The van der Waals surface area contributed by atoms with E-state index in [1.807, 2.05) is 20.8 Å². The minimum Gasteiger partial charge on any atom is -0.444 e. The van der Waals surface area contributed by atoms with Gasteiger partial charge in [0.2, 0.25) is 0 Å². The smallest absolute Gasteiger partial charge is 0.410 e. The average Bonchev–Trinajstić information content (AvgIpc) is 3.15. The number of nitriles is 1. The topological polar surface area (TPSA) is 87.4 Å². The van der Waals surface area contributed by atoms with Gasteiger partial charge in [-0.1, -0.05) is 18.2 Å². The van der Waals surface area contributed by atoms with Gasteiger partial charge in [0.1, 0.15) is 28.9 Å². The number of amides is 2. The lowest BCUT2D eigenvalue weighted by Gasteiger charge is -2.34. The number of halogens is 1. The second kappa shape index (κ2) is 10.1. The van der Waals surface area contributed by atoms with Gasteiger partial charge in [-0.25, -0.2) is 9.18 Å². The second-order valence-electron chi connectivity index (χ2n) is 9.48. The number of piperidine rings is 1. The van der Waals surface area contributed by atoms with E-state index in [0.29, 0.717) is 36.6 Å². The lowest BCUT2D eigenvalue weighted by atomic mass is 9.98. The summed E-state index contributed by atoms with van der Waals surface area (Å²) in [5, 5.41) is 12.4. The summed E-state index contributed by atoms with van der Waals surface area (Å²) >= 11 is 0. The summed E-state index contributed by atoms with van der Waals surface area (Å²) in [6, 6.07) is 11.1. The van der Waals surface area contributed by atoms with Crippen molar-refractivity contribution < 1.29 is 18.7 Å². The van der Waals surface area contributed by atoms with Gasteiger partial charge in [0.15, 0.2) is 0 Å². The molecule has 2 heterocycles. The fraction of sp³-hybridized carbons (Fsp3) is 0.480. The Bertz CT molecular complexity index is 1050. The molecule has 1 aliphatic heterocycles. The summed E-state index contributed by atoms with van der Waals surface area (Å²) in [4.78, 5) is 27.2. The Kier molecular flexibility index (Phi) is 7.42. The molecule has 1 aromatic heterocycles. The highest BCUT2D eigenvalue weighted by Crippen LogP contribution is 2.23. The minimum atomic E-state index is -0.571. The van der Waals surface area contributed by atoms with Crippen LogP contribution >= 0.6 is 0 Å². The van der Waals surface area contributed by atoms with E-state index in [4.69, 9.17) is 4.74 Å². The summed E-state index contributed by atoms with van der Waals surface area (Å²) in [6.07, 6.45) is 1.34. The number of nitrogens with zero attached hydrogens (tertiary/aromatic N) is 3. The van der Waals surface area contributed by atoms with Crippen molar-refractivity contribution >= 4 is 12.0 Å². The van der Waals surface area contributed by atoms with Gasteiger partial charge in [-0.15, -0.1) is 0 Å². The molecular formula is C25H31FN4O3. The number of rotatable bonds is 5. The number of hydrogen-bond acceptors (Lipinski definition) is 4. The summed E-state index contributed by atoms with van der Waals surface area (Å²) < 4.78 is 21.3. The average molecular weight is 455 g/mol. The van der Waals surface area contributed by atoms with Crippen molar-refractivity contribution in [2.75, 3.05) is 13.1 Å². The molecule has 33 heavy (non-hydrogen) atoms. The molecule has 3 rings (SSSR count). The van der Waals surface area contributed by atoms with E-state index in [2.05, 4.69) is 11.4 Å². The third-order valence-electron chi connectivity index (χ3n) is 5.66. The number of hydrogen-bond donors (Lipinski definition) is 1. The van der Waals surface area contributed by atoms with Crippen LogP contribution in [0.4, 0.5) is 9.18 Å². The van der Waals surface area contributed by atoms with Gasteiger partial charge in [-0.3, -0.25) is 4.79 Å². The molecule has 2 amide bonds. The monoisotopic (exact) mass is 454 g/mol. The Morgan fingerprint density at radius 1 is 1.27 bits per heavy atom. The Hall–Kier alpha value is -3.34. The van der Waals surface area contributed by atoms with Crippen LogP contribution in [0.25, 0.3) is 0 Å². The van der Waals surface area contributed by atoms with Crippen molar-refractivity contribution in [2.45, 2.75) is 58.7 Å². The summed E-state index contributed by atoms with van der Waals surface area (Å²) in [5.41, 5.74) is 0.528. The lowest BCUT2D eigenvalue weighted by Crippen LogP contribution is -2.44. The lowest BCUT2D eigenvalue weighted by molar-refractivity contribution is 0.0156. The fourth-order valence-electron chi connectivity index (χ4n) is 4.10. The molecule has 0 bridgehead atoms. The number of carbonyl (C=O) groups is 2. The van der Waals surface area contributed by atoms with Gasteiger partial charge in [0.25, 0.3) is 5.91 Å². The van der Waals surface area contributed by atoms with Crippen molar-refractivity contribution in [2.24, 2.45) is 5.92 Å². The molecule has 7 nitrogen and oxygen atoms in total. The van der Waals surface area contributed by atoms with Crippen molar-refractivity contribution in [3.8, 4) is 6.07 Å². The largest absolute Gasteiger partial charge is 0.444 e. The molecule has 0 saturated carbocycles. The fourth-order valence-corrected chi connectivity index (χ4v) is 4.10. The molecule has 8 heteroatoms. The van der Waals surface area contributed by atoms with Crippen LogP contribution in [0.15, 0.2) is 36.4 Å². The molecule has 0 aliphatic carbocycles. The zero-order valence-corrected chi connectivity index (χ0v) is 19.6. The standard InChI is InChI=1S/C25H31FN4O3/c1-17(20-9-5-6-10-21(20)26)28-23(31)22-12-11-19(14-27)30(22)16-18-8-7-13-29(15-18)24(32)33-25(2,3)4/h5-6,9-12,17-18H,7-8,13,15-16H2,1-4H3,(H,28,31)/t17-,18?/m0/s1. The Morgan fingerprint density at radius 2 is 2.00 bits per heavy atom. The first-order valence-corrected chi connectivity index (χ1v) is 11.2. The number of nitrogens with one attached hydrogen (secondary N) is 1. The normalized spacial score (nSPS) is 17.2. The number of ether oxygens (including phenoxy) is 1. The Balaban J connectivity index is 1.73. The predicted octanol–water partition coefficient (Wildman–Crippen LogP) is 4.64. The van der Waals surface area contributed by atoms with Crippen LogP contribution in [0.1, 0.15) is 68.3 Å². The maximum Gasteiger partial charge on any atom is 0.410 e. The number of likely N-dealkylation sites (tertiary alicyclic amines) is 1. The predicted molar refractivity (Wildman–Crippen MR) is 122 cm³/mol. The SMILES string of the molecule is C[C@H](NC(=O)c1ccc(C#N)n1CC1CCCN(C(=O)OC(C)(C)C)C1)c1ccccc1F. The first-order chi connectivity index (χ1) is 15.6. The molecule has 2 atom stereocenters. The van der Waals surface area contributed by atoms with E-state index in [0.717, 1.165) is 12.8 Å². The van der Waals surface area contributed by atoms with Crippen LogP contribution < -0.4 is 5.32 Å². The van der Waals surface area contributed by atoms with Crippen molar-refractivity contribution in [3.05, 3.63) is 59.2 Å². The molecule has 1 fully saturated rings. The summed E-state index contributed by atoms with van der Waals surface area (Å²) in [7, 11) is 0. The van der Waals surface area contributed by atoms with Crippen molar-refractivity contribution in [1.82, 2.24) is 14.8 Å². The van der Waals surface area contributed by atoms with Crippen LogP contribution in [-0.2, 0) is 11.3 Å². The number of benzene rings is 1. The van der Waals surface area contributed by atoms with Crippen LogP contribution in [-0.4, -0.2) is 40.2 Å². The maximum absolute atomic E-state index is 14.1. The van der Waals surface area contributed by atoms with E-state index in [1.54, 1.807) is 46.7 Å². The Morgan fingerprint density at radius 3 is 2.67 bits per heavy atom. The molecule has 1 unspecified atom stereocenters. The van der Waals surface area contributed by atoms with E-state index in [-0.39, 0.29) is 23.7 Å². The second-order valence-corrected chi connectivity index (χ2v) is 9.48. The van der Waals surface area contributed by atoms with E-state index < -0.39 is 11.6 Å². The van der Waals surface area contributed by atoms with E-state index in [9.17, 15) is 19.2 Å². The number of aromatic nitrogens is 1. The molecule has 2 aromatic rings. The molecule has 0 radical (unpaired) electrons. The first-order valence-electron chi connectivity index (χ1n) is 11.2. The quantitative estimate of drug-likeness (QED) is 0.713. The van der Waals surface area contributed by atoms with Gasteiger partial charge in [-0.2, -0.15) is 5.26 Å². The molecule has 176 valence electrons. The third-order valence-corrected chi connectivity index (χ3v) is 5.66. The van der Waals surface area contributed by atoms with Gasteiger partial charge < -0.3 is 19.5 Å². The van der Waals surface area contributed by atoms with Gasteiger partial charge >= 0.3 is 6.09 Å². The highest BCUT2D eigenvalue weighted by molar-refractivity contribution is 5.93. The van der Waals surface area contributed by atoms with Crippen molar-refractivity contribution in [3.63, 3.8) is 0 Å². The van der Waals surface area contributed by atoms with Gasteiger partial charge in [0.05, 0.1) is 6.04 Å². The molecule has 0 spiro atoms. The summed E-state index contributed by atoms with van der Waals surface area (Å²) in [6.45, 7) is 8.75. The number of carbonyl (C=O) groups excluding carboxylic acids is 2. The maximum atomic E-state index is 14.1. The Labute approximate surface area is 194 Å². The molecular weight excluding hydrogens is 423 g/mol. The zero-order valence-electron chi connectivity index (χ0n) is 19.6. The van der Waals surface area contributed by atoms with Crippen LogP contribution in [0, 0.1) is 23.1 Å². The van der Waals surface area contributed by atoms with E-state index in [1.165, 1.54) is 6.07 Å². The highest BCUT2D eigenvalue weighted by Gasteiger charge is 2.29. The summed E-state index contributed by atoms with van der Waals surface area (Å²) in [5.74, 6) is -0.698. The van der Waals surface area contributed by atoms with Crippen LogP contribution in [0.2, 0.25) is 0 Å². The molecule has 1 saturated heterocycles.